The van der Waals surface area contributed by atoms with Crippen LogP contribution in [0, 0.1) is 6.92 Å². The number of aromatic nitrogens is 3. The van der Waals surface area contributed by atoms with Crippen LogP contribution in [0.4, 0.5) is 0 Å². The van der Waals surface area contributed by atoms with E-state index in [1.807, 2.05) is 44.4 Å². The number of aryl methyl sites for hydroxylation is 2. The third-order valence-electron chi connectivity index (χ3n) is 7.12. The number of ether oxygens (including phenoxy) is 1. The molecule has 1 amide bonds. The highest BCUT2D eigenvalue weighted by atomic mass is 16.5. The highest BCUT2D eigenvalue weighted by Gasteiger charge is 2.47. The zero-order chi connectivity index (χ0) is 25.3. The van der Waals surface area contributed by atoms with Crippen LogP contribution in [0.3, 0.4) is 0 Å². The summed E-state index contributed by atoms with van der Waals surface area (Å²) in [5.74, 6) is 0.585. The summed E-state index contributed by atoms with van der Waals surface area (Å²) < 4.78 is 7.11. The quantitative estimate of drug-likeness (QED) is 0.446. The van der Waals surface area contributed by atoms with Gasteiger partial charge in [-0.15, -0.1) is 0 Å². The minimum absolute atomic E-state index is 0.0887. The zero-order valence-electron chi connectivity index (χ0n) is 21.4. The number of amides is 1. The van der Waals surface area contributed by atoms with E-state index in [-0.39, 0.29) is 5.91 Å². The number of rotatable bonds is 5. The fourth-order valence-electron chi connectivity index (χ4n) is 4.61. The number of hydrogen-bond donors (Lipinski definition) is 1. The normalized spacial score (nSPS) is 16.0. The highest BCUT2D eigenvalue weighted by molar-refractivity contribution is 5.98. The van der Waals surface area contributed by atoms with Gasteiger partial charge in [0.2, 0.25) is 0 Å². The molecule has 6 rings (SSSR count). The van der Waals surface area contributed by atoms with Gasteiger partial charge in [-0.2, -0.15) is 5.10 Å². The standard InChI is InChI=1S/C25H24N4O2.C4H9N/c1-16-6-7-18(31-3)15-20(16)24(30)27-25(9-10-25)21-13-17(22-8-12-29(2)28-22)14-23-19(21)5-4-11-26-23;1-5-3-2-4-5/h4-8,11-15H,9-10H2,1-3H3,(H,27,30);2-4H2,1H3. The van der Waals surface area contributed by atoms with Gasteiger partial charge in [-0.05, 0) is 93.8 Å². The Morgan fingerprint density at radius 1 is 1.08 bits per heavy atom. The summed E-state index contributed by atoms with van der Waals surface area (Å²) in [6, 6.07) is 15.8. The van der Waals surface area contributed by atoms with E-state index in [9.17, 15) is 4.79 Å². The van der Waals surface area contributed by atoms with Crippen LogP contribution in [0.5, 0.6) is 5.75 Å². The number of hydrogen-bond acceptors (Lipinski definition) is 5. The second-order valence-corrected chi connectivity index (χ2v) is 9.84. The molecule has 2 aromatic heterocycles. The Bertz CT molecular complexity index is 1400. The van der Waals surface area contributed by atoms with Crippen molar-refractivity contribution in [1.82, 2.24) is 25.0 Å². The van der Waals surface area contributed by atoms with Crippen LogP contribution in [-0.2, 0) is 12.6 Å². The first-order valence-corrected chi connectivity index (χ1v) is 12.4. The number of methoxy groups -OCH3 is 1. The van der Waals surface area contributed by atoms with Crippen molar-refractivity contribution in [2.75, 3.05) is 27.2 Å². The highest BCUT2D eigenvalue weighted by Crippen LogP contribution is 2.49. The van der Waals surface area contributed by atoms with Gasteiger partial charge in [0, 0.05) is 36.0 Å². The summed E-state index contributed by atoms with van der Waals surface area (Å²) in [4.78, 5) is 20.2. The van der Waals surface area contributed by atoms with Gasteiger partial charge >= 0.3 is 0 Å². The number of carbonyl (C=O) groups is 1. The molecule has 186 valence electrons. The topological polar surface area (TPSA) is 72.3 Å². The van der Waals surface area contributed by atoms with Crippen LogP contribution in [0.1, 0.15) is 40.7 Å². The molecule has 1 saturated heterocycles. The number of benzene rings is 2. The van der Waals surface area contributed by atoms with Gasteiger partial charge in [-0.3, -0.25) is 14.5 Å². The lowest BCUT2D eigenvalue weighted by Crippen LogP contribution is -2.35. The van der Waals surface area contributed by atoms with Crippen molar-refractivity contribution in [2.45, 2.75) is 31.7 Å². The summed E-state index contributed by atoms with van der Waals surface area (Å²) >= 11 is 0. The van der Waals surface area contributed by atoms with E-state index in [1.165, 1.54) is 19.5 Å². The molecule has 0 radical (unpaired) electrons. The molecule has 0 atom stereocenters. The van der Waals surface area contributed by atoms with Crippen molar-refractivity contribution in [3.05, 3.63) is 77.6 Å². The number of fused-ring (bicyclic) bond motifs is 1. The lowest BCUT2D eigenvalue weighted by Gasteiger charge is -2.24. The average molecular weight is 484 g/mol. The van der Waals surface area contributed by atoms with Crippen molar-refractivity contribution in [3.8, 4) is 17.0 Å². The first-order chi connectivity index (χ1) is 17.4. The van der Waals surface area contributed by atoms with Crippen molar-refractivity contribution >= 4 is 16.8 Å². The SMILES string of the molecule is CN1CCC1.COc1ccc(C)c(C(=O)NC2(c3cc(-c4ccn(C)n4)cc4ncccc34)CC2)c1. The molecule has 2 aromatic carbocycles. The minimum Gasteiger partial charge on any atom is -0.497 e. The molecule has 7 nitrogen and oxygen atoms in total. The molecule has 0 bridgehead atoms. The maximum Gasteiger partial charge on any atom is 0.252 e. The van der Waals surface area contributed by atoms with Crippen molar-refractivity contribution in [3.63, 3.8) is 0 Å². The first-order valence-electron chi connectivity index (χ1n) is 12.4. The predicted molar refractivity (Wildman–Crippen MR) is 142 cm³/mol. The second kappa shape index (κ2) is 9.74. The van der Waals surface area contributed by atoms with E-state index < -0.39 is 5.54 Å². The average Bonchev–Trinajstić information content (AvgIpc) is 3.52. The third-order valence-corrected chi connectivity index (χ3v) is 7.12. The molecule has 36 heavy (non-hydrogen) atoms. The monoisotopic (exact) mass is 483 g/mol. The van der Waals surface area contributed by atoms with Crippen LogP contribution < -0.4 is 10.1 Å². The molecule has 1 aliphatic heterocycles. The Morgan fingerprint density at radius 2 is 1.86 bits per heavy atom. The molecule has 4 aromatic rings. The lowest BCUT2D eigenvalue weighted by atomic mass is 9.95. The van der Waals surface area contributed by atoms with Crippen molar-refractivity contribution < 1.29 is 9.53 Å². The van der Waals surface area contributed by atoms with Gasteiger partial charge in [-0.1, -0.05) is 12.1 Å². The van der Waals surface area contributed by atoms with Gasteiger partial charge in [0.1, 0.15) is 5.75 Å². The third kappa shape index (κ3) is 4.84. The van der Waals surface area contributed by atoms with Gasteiger partial charge in [-0.25, -0.2) is 0 Å². The Balaban J connectivity index is 0.000000477. The van der Waals surface area contributed by atoms with Crippen LogP contribution in [0.2, 0.25) is 0 Å². The van der Waals surface area contributed by atoms with Gasteiger partial charge in [0.25, 0.3) is 5.91 Å². The van der Waals surface area contributed by atoms with Gasteiger partial charge < -0.3 is 15.0 Å². The summed E-state index contributed by atoms with van der Waals surface area (Å²) in [6.45, 7) is 4.58. The largest absolute Gasteiger partial charge is 0.497 e. The Morgan fingerprint density at radius 3 is 2.47 bits per heavy atom. The number of carbonyl (C=O) groups excluding carboxylic acids is 1. The maximum absolute atomic E-state index is 13.3. The number of pyridine rings is 1. The molecular weight excluding hydrogens is 450 g/mol. The Labute approximate surface area is 212 Å². The maximum atomic E-state index is 13.3. The van der Waals surface area contributed by atoms with Gasteiger partial charge in [0.15, 0.2) is 0 Å². The predicted octanol–water partition coefficient (Wildman–Crippen LogP) is 4.69. The minimum atomic E-state index is -0.404. The summed E-state index contributed by atoms with van der Waals surface area (Å²) in [6.07, 6.45) is 6.91. The lowest BCUT2D eigenvalue weighted by molar-refractivity contribution is 0.0930. The first kappa shape index (κ1) is 24.0. The van der Waals surface area contributed by atoms with E-state index in [4.69, 9.17) is 4.74 Å². The summed E-state index contributed by atoms with van der Waals surface area (Å²) in [5.41, 5.74) is 5.03. The Hall–Kier alpha value is -3.71. The zero-order valence-corrected chi connectivity index (χ0v) is 21.4. The molecule has 1 saturated carbocycles. The van der Waals surface area contributed by atoms with Crippen LogP contribution in [0.25, 0.3) is 22.2 Å². The van der Waals surface area contributed by atoms with Crippen LogP contribution >= 0.6 is 0 Å². The molecule has 7 heteroatoms. The molecule has 3 heterocycles. The summed E-state index contributed by atoms with van der Waals surface area (Å²) in [7, 11) is 5.66. The van der Waals surface area contributed by atoms with E-state index in [0.29, 0.717) is 11.3 Å². The molecular formula is C29H33N5O2. The summed E-state index contributed by atoms with van der Waals surface area (Å²) in [5, 5.41) is 8.94. The van der Waals surface area contributed by atoms with Crippen molar-refractivity contribution in [1.29, 1.82) is 0 Å². The molecule has 0 unspecified atom stereocenters. The second-order valence-electron chi connectivity index (χ2n) is 9.84. The van der Waals surface area contributed by atoms with Crippen LogP contribution in [-0.4, -0.2) is 52.8 Å². The van der Waals surface area contributed by atoms with Gasteiger partial charge in [0.05, 0.1) is 23.9 Å². The smallest absolute Gasteiger partial charge is 0.252 e. The molecule has 1 N–H and O–H groups in total. The molecule has 1 aliphatic carbocycles. The Kier molecular flexibility index (Phi) is 6.49. The van der Waals surface area contributed by atoms with Crippen LogP contribution in [0.15, 0.2) is 60.9 Å². The fraction of sp³-hybridized carbons (Fsp3) is 0.345. The fourth-order valence-corrected chi connectivity index (χ4v) is 4.61. The van der Waals surface area contributed by atoms with Crippen molar-refractivity contribution in [2.24, 2.45) is 7.05 Å². The number of nitrogens with zero attached hydrogens (tertiary/aromatic N) is 4. The number of likely N-dealkylation sites (tertiary alicyclic amines) is 1. The molecule has 2 aliphatic rings. The van der Waals surface area contributed by atoms with E-state index in [1.54, 1.807) is 24.1 Å². The van der Waals surface area contributed by atoms with E-state index in [2.05, 4.69) is 45.5 Å². The molecule has 2 fully saturated rings. The van der Waals surface area contributed by atoms with E-state index in [0.717, 1.165) is 46.1 Å². The molecule has 0 spiro atoms. The number of nitrogens with one attached hydrogen (secondary N) is 1. The van der Waals surface area contributed by atoms with E-state index >= 15 is 0 Å².